The van der Waals surface area contributed by atoms with Crippen molar-refractivity contribution in [2.45, 2.75) is 0 Å². The highest BCUT2D eigenvalue weighted by Gasteiger charge is 2.16. The van der Waals surface area contributed by atoms with Crippen molar-refractivity contribution in [1.29, 1.82) is 0 Å². The molecule has 2 aromatic rings. The van der Waals surface area contributed by atoms with Crippen molar-refractivity contribution in [3.05, 3.63) is 45.4 Å². The fourth-order valence-corrected chi connectivity index (χ4v) is 2.13. The Balaban J connectivity index is 2.53. The van der Waals surface area contributed by atoms with Crippen LogP contribution in [-0.2, 0) is 0 Å². The summed E-state index contributed by atoms with van der Waals surface area (Å²) in [5, 5.41) is 2.32. The Hall–Kier alpha value is -1.53. The number of hydrogen-bond acceptors (Lipinski definition) is 3. The quantitative estimate of drug-likeness (QED) is 0.709. The molecule has 19 heavy (non-hydrogen) atoms. The molecule has 7 heteroatoms. The summed E-state index contributed by atoms with van der Waals surface area (Å²) >= 11 is 8.86. The first-order valence-electron chi connectivity index (χ1n) is 5.15. The van der Waals surface area contributed by atoms with Gasteiger partial charge >= 0.3 is 0 Å². The minimum absolute atomic E-state index is 0.0230. The standard InChI is InChI=1S/C12H9BrClF2N3/c13-5-2-1-3-6(15)11(5)19-12-8(18)4-7(17)9(14)10(12)16/h1-4,19H,17-18H2. The molecule has 0 bridgehead atoms. The summed E-state index contributed by atoms with van der Waals surface area (Å²) in [6, 6.07) is 5.67. The number of nitrogens with two attached hydrogens (primary N) is 2. The lowest BCUT2D eigenvalue weighted by atomic mass is 10.2. The van der Waals surface area contributed by atoms with Gasteiger partial charge in [-0.3, -0.25) is 0 Å². The fraction of sp³-hybridized carbons (Fsp3) is 0. The summed E-state index contributed by atoms with van der Waals surface area (Å²) in [4.78, 5) is 0. The van der Waals surface area contributed by atoms with Crippen LogP contribution in [-0.4, -0.2) is 0 Å². The van der Waals surface area contributed by atoms with Gasteiger partial charge in [0, 0.05) is 4.47 Å². The van der Waals surface area contributed by atoms with Gasteiger partial charge in [-0.1, -0.05) is 17.7 Å². The molecule has 0 amide bonds. The molecule has 0 aliphatic heterocycles. The first-order chi connectivity index (χ1) is 8.91. The summed E-state index contributed by atoms with van der Waals surface area (Å²) in [6.45, 7) is 0. The van der Waals surface area contributed by atoms with E-state index < -0.39 is 11.6 Å². The maximum Gasteiger partial charge on any atom is 0.169 e. The van der Waals surface area contributed by atoms with E-state index in [9.17, 15) is 8.78 Å². The molecule has 0 aromatic heterocycles. The molecule has 0 aliphatic rings. The Labute approximate surface area is 121 Å². The van der Waals surface area contributed by atoms with Crippen molar-refractivity contribution in [1.82, 2.24) is 0 Å². The molecule has 100 valence electrons. The minimum Gasteiger partial charge on any atom is -0.397 e. The number of halogens is 4. The molecule has 0 aliphatic carbocycles. The van der Waals surface area contributed by atoms with Gasteiger partial charge < -0.3 is 16.8 Å². The van der Waals surface area contributed by atoms with E-state index in [-0.39, 0.29) is 27.8 Å². The van der Waals surface area contributed by atoms with Gasteiger partial charge in [0.25, 0.3) is 0 Å². The van der Waals surface area contributed by atoms with Crippen LogP contribution < -0.4 is 16.8 Å². The molecule has 0 heterocycles. The Kier molecular flexibility index (Phi) is 3.82. The largest absolute Gasteiger partial charge is 0.397 e. The van der Waals surface area contributed by atoms with Crippen molar-refractivity contribution < 1.29 is 8.78 Å². The van der Waals surface area contributed by atoms with Crippen LogP contribution in [0.2, 0.25) is 5.02 Å². The van der Waals surface area contributed by atoms with E-state index >= 15 is 0 Å². The minimum atomic E-state index is -0.825. The summed E-state index contributed by atoms with van der Waals surface area (Å²) in [7, 11) is 0. The zero-order valence-electron chi connectivity index (χ0n) is 9.48. The van der Waals surface area contributed by atoms with Crippen LogP contribution in [0.3, 0.4) is 0 Å². The highest BCUT2D eigenvalue weighted by atomic mass is 79.9. The van der Waals surface area contributed by atoms with Crippen molar-refractivity contribution >= 4 is 50.3 Å². The van der Waals surface area contributed by atoms with Crippen molar-refractivity contribution in [2.24, 2.45) is 0 Å². The number of anilines is 4. The van der Waals surface area contributed by atoms with Gasteiger partial charge in [0.2, 0.25) is 0 Å². The normalized spacial score (nSPS) is 10.5. The van der Waals surface area contributed by atoms with Gasteiger partial charge in [-0.25, -0.2) is 8.78 Å². The number of benzene rings is 2. The topological polar surface area (TPSA) is 64.1 Å². The van der Waals surface area contributed by atoms with Crippen LogP contribution in [0, 0.1) is 11.6 Å². The zero-order valence-corrected chi connectivity index (χ0v) is 11.8. The molecular formula is C12H9BrClF2N3. The molecular weight excluding hydrogens is 340 g/mol. The van der Waals surface area contributed by atoms with Crippen LogP contribution in [0.1, 0.15) is 0 Å². The zero-order chi connectivity index (χ0) is 14.2. The molecule has 0 radical (unpaired) electrons. The summed E-state index contributed by atoms with van der Waals surface area (Å²) in [5.41, 5.74) is 11.1. The lowest BCUT2D eigenvalue weighted by molar-refractivity contribution is 0.626. The molecule has 3 nitrogen and oxygen atoms in total. The highest BCUT2D eigenvalue weighted by molar-refractivity contribution is 9.10. The third-order valence-electron chi connectivity index (χ3n) is 2.48. The molecule has 0 spiro atoms. The Morgan fingerprint density at radius 2 is 1.79 bits per heavy atom. The second-order valence-electron chi connectivity index (χ2n) is 3.78. The Bertz CT molecular complexity index is 629. The Morgan fingerprint density at radius 1 is 1.11 bits per heavy atom. The van der Waals surface area contributed by atoms with Crippen LogP contribution in [0.15, 0.2) is 28.7 Å². The number of hydrogen-bond donors (Lipinski definition) is 3. The number of nitrogen functional groups attached to an aromatic ring is 2. The average Bonchev–Trinajstić information content (AvgIpc) is 2.35. The third kappa shape index (κ3) is 2.59. The van der Waals surface area contributed by atoms with Crippen LogP contribution in [0.5, 0.6) is 0 Å². The van der Waals surface area contributed by atoms with Crippen LogP contribution in [0.25, 0.3) is 0 Å². The lowest BCUT2D eigenvalue weighted by Gasteiger charge is -2.14. The van der Waals surface area contributed by atoms with Crippen molar-refractivity contribution in [3.8, 4) is 0 Å². The second kappa shape index (κ2) is 5.22. The molecule has 2 aromatic carbocycles. The van der Waals surface area contributed by atoms with E-state index in [4.69, 9.17) is 23.1 Å². The molecule has 0 saturated carbocycles. The maximum atomic E-state index is 14.0. The summed E-state index contributed by atoms with van der Waals surface area (Å²) in [5.74, 6) is -1.38. The van der Waals surface area contributed by atoms with Gasteiger partial charge in [-0.15, -0.1) is 0 Å². The van der Waals surface area contributed by atoms with Gasteiger partial charge in [0.05, 0.1) is 22.7 Å². The maximum absolute atomic E-state index is 14.0. The molecule has 0 unspecified atom stereocenters. The van der Waals surface area contributed by atoms with Crippen LogP contribution >= 0.6 is 27.5 Å². The molecule has 0 fully saturated rings. The van der Waals surface area contributed by atoms with Gasteiger partial charge in [0.15, 0.2) is 5.82 Å². The van der Waals surface area contributed by atoms with E-state index in [1.165, 1.54) is 18.2 Å². The summed E-state index contributed by atoms with van der Waals surface area (Å²) in [6.07, 6.45) is 0. The molecule has 5 N–H and O–H groups in total. The number of para-hydroxylation sites is 1. The average molecular weight is 349 g/mol. The molecule has 0 atom stereocenters. The fourth-order valence-electron chi connectivity index (χ4n) is 1.54. The SMILES string of the molecule is Nc1cc(N)c(Nc2c(F)cccc2Br)c(F)c1Cl. The highest BCUT2D eigenvalue weighted by Crippen LogP contribution is 2.37. The van der Waals surface area contributed by atoms with E-state index in [1.807, 2.05) is 0 Å². The molecule has 2 rings (SSSR count). The predicted molar refractivity (Wildman–Crippen MR) is 77.6 cm³/mol. The summed E-state index contributed by atoms with van der Waals surface area (Å²) < 4.78 is 28.1. The van der Waals surface area contributed by atoms with E-state index in [0.29, 0.717) is 4.47 Å². The third-order valence-corrected chi connectivity index (χ3v) is 3.52. The predicted octanol–water partition coefficient (Wildman–Crippen LogP) is 4.29. The first-order valence-corrected chi connectivity index (χ1v) is 6.33. The van der Waals surface area contributed by atoms with E-state index in [1.54, 1.807) is 6.07 Å². The first kappa shape index (κ1) is 13.9. The van der Waals surface area contributed by atoms with Crippen molar-refractivity contribution in [2.75, 3.05) is 16.8 Å². The van der Waals surface area contributed by atoms with E-state index in [0.717, 1.165) is 0 Å². The van der Waals surface area contributed by atoms with E-state index in [2.05, 4.69) is 21.2 Å². The lowest BCUT2D eigenvalue weighted by Crippen LogP contribution is -2.04. The van der Waals surface area contributed by atoms with Gasteiger partial charge in [-0.2, -0.15) is 0 Å². The second-order valence-corrected chi connectivity index (χ2v) is 5.01. The van der Waals surface area contributed by atoms with Crippen LogP contribution in [0.4, 0.5) is 31.5 Å². The van der Waals surface area contributed by atoms with Gasteiger partial charge in [0.1, 0.15) is 10.8 Å². The monoisotopic (exact) mass is 347 g/mol. The van der Waals surface area contributed by atoms with Crippen molar-refractivity contribution in [3.63, 3.8) is 0 Å². The smallest absolute Gasteiger partial charge is 0.169 e. The number of rotatable bonds is 2. The molecule has 0 saturated heterocycles. The van der Waals surface area contributed by atoms with Gasteiger partial charge in [-0.05, 0) is 34.1 Å². The number of nitrogens with one attached hydrogen (secondary N) is 1. The Morgan fingerprint density at radius 3 is 2.42 bits per heavy atom.